The molecule has 0 amide bonds. The summed E-state index contributed by atoms with van der Waals surface area (Å²) in [6.07, 6.45) is 0. The summed E-state index contributed by atoms with van der Waals surface area (Å²) in [4.78, 5) is 12.4. The molecule has 0 aliphatic rings. The first kappa shape index (κ1) is 17.9. The van der Waals surface area contributed by atoms with Crippen LogP contribution in [0.3, 0.4) is 0 Å². The summed E-state index contributed by atoms with van der Waals surface area (Å²) in [5, 5.41) is 8.73. The number of methoxy groups -OCH3 is 2. The predicted molar refractivity (Wildman–Crippen MR) is 103 cm³/mol. The Labute approximate surface area is 155 Å². The first-order chi connectivity index (χ1) is 12.6. The number of para-hydroxylation sites is 1. The van der Waals surface area contributed by atoms with Crippen molar-refractivity contribution in [2.45, 2.75) is 13.5 Å². The molecule has 2 aromatic carbocycles. The minimum atomic E-state index is -0.328. The van der Waals surface area contributed by atoms with Crippen LogP contribution >= 0.6 is 11.3 Å². The fraction of sp³-hybridized carbons (Fsp3) is 0.211. The lowest BCUT2D eigenvalue weighted by Gasteiger charge is -2.03. The van der Waals surface area contributed by atoms with Gasteiger partial charge in [-0.05, 0) is 48.9 Å². The largest absolute Gasteiger partial charge is 0.497 e. The van der Waals surface area contributed by atoms with E-state index in [-0.39, 0.29) is 12.5 Å². The molecule has 3 rings (SSSR count). The number of hydrogen-bond donors (Lipinski definition) is 0. The lowest BCUT2D eigenvalue weighted by molar-refractivity contribution is -0.141. The van der Waals surface area contributed by atoms with Crippen LogP contribution < -0.4 is 9.54 Å². The van der Waals surface area contributed by atoms with Gasteiger partial charge in [0.15, 0.2) is 0 Å². The molecule has 1 heterocycles. The zero-order valence-corrected chi connectivity index (χ0v) is 15.6. The molecule has 7 heteroatoms. The van der Waals surface area contributed by atoms with Gasteiger partial charge < -0.3 is 14.0 Å². The molecule has 1 aromatic heterocycles. The summed E-state index contributed by atoms with van der Waals surface area (Å²) < 4.78 is 12.8. The van der Waals surface area contributed by atoms with E-state index in [9.17, 15) is 4.79 Å². The molecule has 3 aromatic rings. The van der Waals surface area contributed by atoms with E-state index in [1.807, 2.05) is 60.0 Å². The van der Waals surface area contributed by atoms with Crippen LogP contribution in [0.1, 0.15) is 12.5 Å². The monoisotopic (exact) mass is 369 g/mol. The highest BCUT2D eigenvalue weighted by atomic mass is 32.1. The smallest absolute Gasteiger partial charge is 0.325 e. The molecule has 0 fully saturated rings. The lowest BCUT2D eigenvalue weighted by atomic mass is 10.1. The van der Waals surface area contributed by atoms with Crippen molar-refractivity contribution in [3.63, 3.8) is 0 Å². The van der Waals surface area contributed by atoms with Crippen LogP contribution in [0.4, 0.5) is 0 Å². The highest BCUT2D eigenvalue weighted by molar-refractivity contribution is 7.16. The van der Waals surface area contributed by atoms with Crippen molar-refractivity contribution >= 4 is 33.2 Å². The van der Waals surface area contributed by atoms with Crippen molar-refractivity contribution in [3.05, 3.63) is 58.9 Å². The first-order valence-corrected chi connectivity index (χ1v) is 8.82. The number of aromatic nitrogens is 1. The number of benzene rings is 2. The van der Waals surface area contributed by atoms with Crippen molar-refractivity contribution in [1.29, 1.82) is 0 Å². The molecule has 0 bridgehead atoms. The van der Waals surface area contributed by atoms with Crippen molar-refractivity contribution in [2.75, 3.05) is 14.2 Å². The summed E-state index contributed by atoms with van der Waals surface area (Å²) >= 11 is 1.48. The van der Waals surface area contributed by atoms with Crippen LogP contribution in [0, 0.1) is 0 Å². The maximum atomic E-state index is 11.8. The second-order valence-corrected chi connectivity index (χ2v) is 6.54. The van der Waals surface area contributed by atoms with Crippen molar-refractivity contribution in [1.82, 2.24) is 4.57 Å². The molecule has 0 saturated carbocycles. The van der Waals surface area contributed by atoms with Crippen molar-refractivity contribution in [3.8, 4) is 5.75 Å². The number of nitrogens with zero attached hydrogens (tertiary/aromatic N) is 3. The number of thiazole rings is 1. The fourth-order valence-electron chi connectivity index (χ4n) is 2.45. The zero-order valence-electron chi connectivity index (χ0n) is 14.8. The molecule has 0 saturated heterocycles. The van der Waals surface area contributed by atoms with E-state index in [1.165, 1.54) is 18.4 Å². The number of carbonyl (C=O) groups excluding carboxylic acids is 1. The number of fused-ring (bicyclic) bond motifs is 1. The Hall–Kier alpha value is -2.93. The second kappa shape index (κ2) is 7.97. The third-order valence-electron chi connectivity index (χ3n) is 3.90. The maximum absolute atomic E-state index is 11.8. The van der Waals surface area contributed by atoms with Crippen LogP contribution in [0.15, 0.2) is 58.7 Å². The molecule has 0 atom stereocenters. The van der Waals surface area contributed by atoms with Gasteiger partial charge in [0.25, 0.3) is 0 Å². The minimum Gasteiger partial charge on any atom is -0.497 e. The van der Waals surface area contributed by atoms with Gasteiger partial charge in [-0.3, -0.25) is 4.79 Å². The van der Waals surface area contributed by atoms with Crippen LogP contribution in [-0.2, 0) is 16.1 Å². The topological polar surface area (TPSA) is 65.2 Å². The van der Waals surface area contributed by atoms with Crippen LogP contribution in [0.25, 0.3) is 10.2 Å². The van der Waals surface area contributed by atoms with Crippen LogP contribution in [0.5, 0.6) is 5.75 Å². The van der Waals surface area contributed by atoms with Gasteiger partial charge in [-0.15, -0.1) is 5.10 Å². The Morgan fingerprint density at radius 2 is 1.85 bits per heavy atom. The third-order valence-corrected chi connectivity index (χ3v) is 4.95. The quantitative estimate of drug-likeness (QED) is 0.394. The van der Waals surface area contributed by atoms with Gasteiger partial charge in [0.05, 0.1) is 30.1 Å². The molecule has 0 spiro atoms. The first-order valence-electron chi connectivity index (χ1n) is 8.00. The number of carbonyl (C=O) groups is 1. The second-order valence-electron chi connectivity index (χ2n) is 5.53. The Morgan fingerprint density at radius 1 is 1.12 bits per heavy atom. The third kappa shape index (κ3) is 3.83. The summed E-state index contributed by atoms with van der Waals surface area (Å²) in [5.74, 6) is 0.463. The van der Waals surface area contributed by atoms with E-state index in [2.05, 4.69) is 10.2 Å². The standard InChI is InChI=1S/C19H19N3O3S/c1-13(14-8-10-15(24-2)11-9-14)20-21-19-22(12-18(23)25-3)16-6-4-5-7-17(16)26-19/h4-11H,12H2,1-3H3/b20-13+,21-19+. The van der Waals surface area contributed by atoms with Gasteiger partial charge in [0.1, 0.15) is 12.3 Å². The highest BCUT2D eigenvalue weighted by Crippen LogP contribution is 2.17. The van der Waals surface area contributed by atoms with Gasteiger partial charge in [-0.2, -0.15) is 5.10 Å². The van der Waals surface area contributed by atoms with Gasteiger partial charge in [0.2, 0.25) is 4.80 Å². The Kier molecular flexibility index (Phi) is 5.48. The number of hydrogen-bond acceptors (Lipinski definition) is 6. The maximum Gasteiger partial charge on any atom is 0.325 e. The molecule has 6 nitrogen and oxygen atoms in total. The molecule has 26 heavy (non-hydrogen) atoms. The molecular weight excluding hydrogens is 350 g/mol. The van der Waals surface area contributed by atoms with E-state index < -0.39 is 0 Å². The number of rotatable bonds is 5. The summed E-state index contributed by atoms with van der Waals surface area (Å²) in [6, 6.07) is 15.5. The van der Waals surface area contributed by atoms with Gasteiger partial charge in [-0.25, -0.2) is 0 Å². The lowest BCUT2D eigenvalue weighted by Crippen LogP contribution is -2.21. The van der Waals surface area contributed by atoms with E-state index in [0.29, 0.717) is 4.80 Å². The predicted octanol–water partition coefficient (Wildman–Crippen LogP) is 3.21. The summed E-state index contributed by atoms with van der Waals surface area (Å²) in [7, 11) is 3.01. The fourth-order valence-corrected chi connectivity index (χ4v) is 3.43. The molecule has 0 radical (unpaired) electrons. The van der Waals surface area contributed by atoms with E-state index in [1.54, 1.807) is 7.11 Å². The van der Waals surface area contributed by atoms with Gasteiger partial charge in [0, 0.05) is 0 Å². The van der Waals surface area contributed by atoms with Crippen molar-refractivity contribution < 1.29 is 14.3 Å². The van der Waals surface area contributed by atoms with Crippen molar-refractivity contribution in [2.24, 2.45) is 10.2 Å². The molecule has 0 aliphatic carbocycles. The van der Waals surface area contributed by atoms with E-state index >= 15 is 0 Å². The number of esters is 1. The van der Waals surface area contributed by atoms with Gasteiger partial charge in [-0.1, -0.05) is 23.5 Å². The Morgan fingerprint density at radius 3 is 2.54 bits per heavy atom. The number of ether oxygens (including phenoxy) is 2. The van der Waals surface area contributed by atoms with Gasteiger partial charge >= 0.3 is 5.97 Å². The normalized spacial score (nSPS) is 12.4. The Balaban J connectivity index is 2.02. The van der Waals surface area contributed by atoms with E-state index in [4.69, 9.17) is 9.47 Å². The Bertz CT molecular complexity index is 1020. The summed E-state index contributed by atoms with van der Waals surface area (Å²) in [5.41, 5.74) is 2.66. The average molecular weight is 369 g/mol. The summed E-state index contributed by atoms with van der Waals surface area (Å²) in [6.45, 7) is 1.99. The van der Waals surface area contributed by atoms with Crippen LogP contribution in [0.2, 0.25) is 0 Å². The minimum absolute atomic E-state index is 0.0937. The van der Waals surface area contributed by atoms with Crippen LogP contribution in [-0.4, -0.2) is 30.5 Å². The van der Waals surface area contributed by atoms with E-state index in [0.717, 1.165) is 27.2 Å². The SMILES string of the molecule is COC(=O)Cn1/c(=N\N=C(/C)c2ccc(OC)cc2)sc2ccccc21. The molecule has 0 aliphatic heterocycles. The zero-order chi connectivity index (χ0) is 18.5. The average Bonchev–Trinajstić information content (AvgIpc) is 3.03. The molecule has 0 unspecified atom stereocenters. The molecule has 134 valence electrons. The molecular formula is C19H19N3O3S. The molecule has 0 N–H and O–H groups in total. The highest BCUT2D eigenvalue weighted by Gasteiger charge is 2.10.